The second-order valence-electron chi connectivity index (χ2n) is 9.55. The van der Waals surface area contributed by atoms with Crippen LogP contribution in [0.2, 0.25) is 5.02 Å². The quantitative estimate of drug-likeness (QED) is 0.266. The first-order valence-electron chi connectivity index (χ1n) is 12.5. The number of amides is 1. The number of aromatic nitrogens is 1. The lowest BCUT2D eigenvalue weighted by Crippen LogP contribution is -2.17. The van der Waals surface area contributed by atoms with E-state index in [2.05, 4.69) is 28.9 Å². The minimum absolute atomic E-state index is 0.0699. The fourth-order valence-electron chi connectivity index (χ4n) is 5.01. The number of benzene rings is 2. The molecule has 1 aliphatic carbocycles. The number of fused-ring (bicyclic) bond motifs is 1. The zero-order chi connectivity index (χ0) is 26.1. The first-order valence-corrected chi connectivity index (χ1v) is 13.6. The van der Waals surface area contributed by atoms with Crippen LogP contribution in [0.15, 0.2) is 54.6 Å². The van der Waals surface area contributed by atoms with Crippen LogP contribution < -0.4 is 5.32 Å². The van der Waals surface area contributed by atoms with Crippen molar-refractivity contribution >= 4 is 46.2 Å². The summed E-state index contributed by atoms with van der Waals surface area (Å²) >= 11 is 7.89. The largest absolute Gasteiger partial charge is 0.322 e. The molecule has 0 fully saturated rings. The van der Waals surface area contributed by atoms with Crippen LogP contribution in [-0.4, -0.2) is 10.5 Å². The summed E-state index contributed by atoms with van der Waals surface area (Å²) in [7, 11) is 0. The molecule has 2 aromatic heterocycles. The van der Waals surface area contributed by atoms with Gasteiger partial charge in [0, 0.05) is 27.0 Å². The van der Waals surface area contributed by atoms with E-state index in [-0.39, 0.29) is 5.91 Å². The summed E-state index contributed by atoms with van der Waals surface area (Å²) in [6, 6.07) is 19.6. The molecule has 4 aromatic rings. The molecule has 1 N–H and O–H groups in total. The van der Waals surface area contributed by atoms with Crippen molar-refractivity contribution in [1.29, 1.82) is 5.26 Å². The molecule has 2 heterocycles. The normalized spacial score (nSPS) is 13.2. The number of anilines is 1. The smallest absolute Gasteiger partial charge is 0.258 e. The van der Waals surface area contributed by atoms with Crippen molar-refractivity contribution in [1.82, 2.24) is 4.57 Å². The van der Waals surface area contributed by atoms with Gasteiger partial charge in [0.2, 0.25) is 0 Å². The summed E-state index contributed by atoms with van der Waals surface area (Å²) in [6.07, 6.45) is 6.07. The number of halogens is 1. The van der Waals surface area contributed by atoms with E-state index in [1.54, 1.807) is 23.5 Å². The van der Waals surface area contributed by atoms with Crippen LogP contribution in [0.3, 0.4) is 0 Å². The van der Waals surface area contributed by atoms with Gasteiger partial charge in [-0.2, -0.15) is 5.26 Å². The van der Waals surface area contributed by atoms with Gasteiger partial charge in [0.25, 0.3) is 5.91 Å². The number of carbonyl (C=O) groups is 1. The average molecular weight is 526 g/mol. The Morgan fingerprint density at radius 2 is 1.84 bits per heavy atom. The topological polar surface area (TPSA) is 57.8 Å². The molecule has 0 bridgehead atoms. The van der Waals surface area contributed by atoms with Crippen molar-refractivity contribution in [2.45, 2.75) is 46.5 Å². The van der Waals surface area contributed by atoms with Crippen LogP contribution in [0, 0.1) is 32.1 Å². The molecule has 0 unspecified atom stereocenters. The molecule has 4 nitrogen and oxygen atoms in total. The van der Waals surface area contributed by atoms with Crippen molar-refractivity contribution in [3.63, 3.8) is 0 Å². The Balaban J connectivity index is 1.60. The van der Waals surface area contributed by atoms with Gasteiger partial charge >= 0.3 is 0 Å². The molecule has 1 aliphatic rings. The van der Waals surface area contributed by atoms with Crippen molar-refractivity contribution in [3.8, 4) is 11.1 Å². The predicted octanol–water partition coefficient (Wildman–Crippen LogP) is 8.31. The summed E-state index contributed by atoms with van der Waals surface area (Å²) in [4.78, 5) is 15.0. The van der Waals surface area contributed by atoms with E-state index >= 15 is 0 Å². The first kappa shape index (κ1) is 25.1. The number of nitriles is 1. The van der Waals surface area contributed by atoms with Crippen molar-refractivity contribution < 1.29 is 4.79 Å². The maximum atomic E-state index is 13.7. The fourth-order valence-corrected chi connectivity index (χ4v) is 6.70. The number of nitrogens with zero attached hydrogens (tertiary/aromatic N) is 2. The molecule has 1 amide bonds. The van der Waals surface area contributed by atoms with E-state index in [1.807, 2.05) is 56.3 Å². The standard InChI is InChI=1S/C31H28ClN3OS/c1-19-11-13-26(14-12-19)34-30(36)29-27-9-4-5-10-28(27)37-31(29)35-20(2)15-23(21(35)3)16-24(18-33)22-7-6-8-25(32)17-22/h6-8,11-17H,4-5,9-10H2,1-3H3,(H,34,36)/b24-16-. The third-order valence-corrected chi connectivity index (χ3v) is 8.43. The highest BCUT2D eigenvalue weighted by Gasteiger charge is 2.28. The molecule has 0 radical (unpaired) electrons. The molecule has 186 valence electrons. The molecule has 0 aliphatic heterocycles. The van der Waals surface area contributed by atoms with E-state index in [9.17, 15) is 10.1 Å². The summed E-state index contributed by atoms with van der Waals surface area (Å²) in [5, 5.41) is 14.6. The zero-order valence-corrected chi connectivity index (χ0v) is 22.8. The molecule has 2 aromatic carbocycles. The minimum Gasteiger partial charge on any atom is -0.322 e. The van der Waals surface area contributed by atoms with Gasteiger partial charge in [-0.05, 0) is 99.6 Å². The van der Waals surface area contributed by atoms with Crippen LogP contribution in [0.5, 0.6) is 0 Å². The van der Waals surface area contributed by atoms with E-state index in [0.29, 0.717) is 10.6 Å². The van der Waals surface area contributed by atoms with Crippen LogP contribution in [0.4, 0.5) is 5.69 Å². The molecule has 6 heteroatoms. The van der Waals surface area contributed by atoms with Gasteiger partial charge in [-0.1, -0.05) is 41.4 Å². The molecule has 37 heavy (non-hydrogen) atoms. The van der Waals surface area contributed by atoms with Crippen LogP contribution >= 0.6 is 22.9 Å². The number of hydrogen-bond acceptors (Lipinski definition) is 3. The second-order valence-corrected chi connectivity index (χ2v) is 11.1. The Morgan fingerprint density at radius 3 is 2.57 bits per heavy atom. The molecule has 5 rings (SSSR count). The Bertz CT molecular complexity index is 1570. The van der Waals surface area contributed by atoms with Crippen LogP contribution in [0.25, 0.3) is 16.7 Å². The SMILES string of the molecule is Cc1ccc(NC(=O)c2c(-n3c(C)cc(/C=C(/C#N)c4cccc(Cl)c4)c3C)sc3c2CCCC3)cc1. The van der Waals surface area contributed by atoms with Gasteiger partial charge in [-0.15, -0.1) is 11.3 Å². The zero-order valence-electron chi connectivity index (χ0n) is 21.2. The fraction of sp³-hybridized carbons (Fsp3) is 0.226. The summed E-state index contributed by atoms with van der Waals surface area (Å²) in [5.74, 6) is -0.0699. The molecule has 0 saturated carbocycles. The van der Waals surface area contributed by atoms with E-state index in [1.165, 1.54) is 10.4 Å². The van der Waals surface area contributed by atoms with Gasteiger partial charge in [0.1, 0.15) is 5.00 Å². The Hall–Kier alpha value is -3.59. The summed E-state index contributed by atoms with van der Waals surface area (Å²) in [6.45, 7) is 6.13. The molecule has 0 saturated heterocycles. The lowest BCUT2D eigenvalue weighted by molar-refractivity contribution is 0.102. The van der Waals surface area contributed by atoms with Crippen molar-refractivity contribution in [2.24, 2.45) is 0 Å². The predicted molar refractivity (Wildman–Crippen MR) is 154 cm³/mol. The number of rotatable bonds is 5. The lowest BCUT2D eigenvalue weighted by Gasteiger charge is -2.14. The Labute approximate surface area is 226 Å². The van der Waals surface area contributed by atoms with Gasteiger partial charge in [0.05, 0.1) is 17.2 Å². The highest BCUT2D eigenvalue weighted by Crippen LogP contribution is 2.39. The highest BCUT2D eigenvalue weighted by molar-refractivity contribution is 7.15. The van der Waals surface area contributed by atoms with E-state index in [0.717, 1.165) is 70.0 Å². The Morgan fingerprint density at radius 1 is 1.08 bits per heavy atom. The number of aryl methyl sites for hydroxylation is 3. The van der Waals surface area contributed by atoms with Crippen molar-refractivity contribution in [2.75, 3.05) is 5.32 Å². The van der Waals surface area contributed by atoms with E-state index in [4.69, 9.17) is 11.6 Å². The lowest BCUT2D eigenvalue weighted by atomic mass is 9.95. The van der Waals surface area contributed by atoms with E-state index < -0.39 is 0 Å². The summed E-state index contributed by atoms with van der Waals surface area (Å²) < 4.78 is 2.17. The maximum Gasteiger partial charge on any atom is 0.258 e. The molecule has 0 spiro atoms. The second kappa shape index (κ2) is 10.4. The highest BCUT2D eigenvalue weighted by atomic mass is 35.5. The van der Waals surface area contributed by atoms with Gasteiger partial charge < -0.3 is 9.88 Å². The number of nitrogens with one attached hydrogen (secondary N) is 1. The minimum atomic E-state index is -0.0699. The first-order chi connectivity index (χ1) is 17.9. The monoisotopic (exact) mass is 525 g/mol. The van der Waals surface area contributed by atoms with Crippen LogP contribution in [0.1, 0.15) is 61.7 Å². The number of hydrogen-bond donors (Lipinski definition) is 1. The summed E-state index contributed by atoms with van der Waals surface area (Å²) in [5.41, 5.74) is 8.19. The Kier molecular flexibility index (Phi) is 7.06. The molecular weight excluding hydrogens is 498 g/mol. The molecular formula is C31H28ClN3OS. The van der Waals surface area contributed by atoms with Crippen molar-refractivity contribution in [3.05, 3.63) is 104 Å². The average Bonchev–Trinajstić information content (AvgIpc) is 3.39. The van der Waals surface area contributed by atoms with Gasteiger partial charge in [-0.3, -0.25) is 4.79 Å². The third-order valence-electron chi connectivity index (χ3n) is 6.92. The number of allylic oxidation sites excluding steroid dienone is 1. The number of carbonyl (C=O) groups excluding carboxylic acids is 1. The number of thiophene rings is 1. The van der Waals surface area contributed by atoms with Gasteiger partial charge in [-0.25, -0.2) is 0 Å². The van der Waals surface area contributed by atoms with Crippen LogP contribution in [-0.2, 0) is 12.8 Å². The molecule has 0 atom stereocenters. The third kappa shape index (κ3) is 5.00. The van der Waals surface area contributed by atoms with Gasteiger partial charge in [0.15, 0.2) is 0 Å². The maximum absolute atomic E-state index is 13.7.